The summed E-state index contributed by atoms with van der Waals surface area (Å²) in [4.78, 5) is 11.6. The fourth-order valence-corrected chi connectivity index (χ4v) is 2.54. The molecule has 0 aliphatic heterocycles. The zero-order valence-electron chi connectivity index (χ0n) is 8.45. The van der Waals surface area contributed by atoms with E-state index < -0.39 is 9.84 Å². The van der Waals surface area contributed by atoms with E-state index in [1.54, 1.807) is 6.92 Å². The van der Waals surface area contributed by atoms with Gasteiger partial charge in [-0.15, -0.1) is 0 Å². The van der Waals surface area contributed by atoms with Gasteiger partial charge in [0.1, 0.15) is 0 Å². The lowest BCUT2D eigenvalue weighted by atomic mass is 10.1. The Kier molecular flexibility index (Phi) is 3.67. The van der Waals surface area contributed by atoms with Gasteiger partial charge in [0, 0.05) is 22.7 Å². The van der Waals surface area contributed by atoms with Crippen LogP contribution in [-0.4, -0.2) is 20.5 Å². The van der Waals surface area contributed by atoms with Gasteiger partial charge in [0.2, 0.25) is 0 Å². The number of carbonyl (C=O) groups is 1. The van der Waals surface area contributed by atoms with E-state index in [-0.39, 0.29) is 10.7 Å². The monoisotopic (exact) mass is 290 g/mol. The van der Waals surface area contributed by atoms with E-state index in [0.717, 1.165) is 6.26 Å². The Bertz CT molecular complexity index is 491. The zero-order valence-corrected chi connectivity index (χ0v) is 10.9. The maximum Gasteiger partial charge on any atom is 0.175 e. The highest BCUT2D eigenvalue weighted by Gasteiger charge is 2.12. The van der Waals surface area contributed by atoms with Crippen LogP contribution in [-0.2, 0) is 9.84 Å². The predicted molar refractivity (Wildman–Crippen MR) is 61.9 cm³/mol. The van der Waals surface area contributed by atoms with Gasteiger partial charge in [0.05, 0.1) is 4.90 Å². The molecular weight excluding hydrogens is 280 g/mol. The summed E-state index contributed by atoms with van der Waals surface area (Å²) < 4.78 is 23.0. The summed E-state index contributed by atoms with van der Waals surface area (Å²) in [6.45, 7) is 1.76. The highest BCUT2D eigenvalue weighted by Crippen LogP contribution is 2.22. The van der Waals surface area contributed by atoms with Crippen molar-refractivity contribution in [2.45, 2.75) is 18.2 Å². The summed E-state index contributed by atoms with van der Waals surface area (Å²) in [5.74, 6) is -0.0121. The lowest BCUT2D eigenvalue weighted by Crippen LogP contribution is -2.01. The second kappa shape index (κ2) is 4.45. The fraction of sp³-hybridized carbons (Fsp3) is 0.300. The van der Waals surface area contributed by atoms with Crippen LogP contribution in [0.15, 0.2) is 27.6 Å². The van der Waals surface area contributed by atoms with Gasteiger partial charge >= 0.3 is 0 Å². The molecule has 0 amide bonds. The van der Waals surface area contributed by atoms with Crippen molar-refractivity contribution in [3.63, 3.8) is 0 Å². The van der Waals surface area contributed by atoms with E-state index in [1.165, 1.54) is 18.2 Å². The molecule has 0 unspecified atom stereocenters. The molecule has 0 saturated carbocycles. The van der Waals surface area contributed by atoms with Gasteiger partial charge in [0.15, 0.2) is 15.6 Å². The average molecular weight is 291 g/mol. The second-order valence-electron chi connectivity index (χ2n) is 3.19. The molecule has 0 atom stereocenters. The normalized spacial score (nSPS) is 11.4. The Labute approximate surface area is 97.5 Å². The van der Waals surface area contributed by atoms with Crippen molar-refractivity contribution in [3.8, 4) is 0 Å². The van der Waals surface area contributed by atoms with E-state index in [1.807, 2.05) is 0 Å². The summed E-state index contributed by atoms with van der Waals surface area (Å²) in [5.41, 5.74) is 0.518. The number of sulfone groups is 1. The van der Waals surface area contributed by atoms with Crippen LogP contribution in [0, 0.1) is 0 Å². The molecule has 0 aliphatic rings. The quantitative estimate of drug-likeness (QED) is 0.804. The Morgan fingerprint density at radius 1 is 1.40 bits per heavy atom. The number of rotatable bonds is 3. The number of Topliss-reactive ketones (excluding diaryl/α,β-unsaturated/α-hetero) is 1. The van der Waals surface area contributed by atoms with E-state index in [4.69, 9.17) is 0 Å². The highest BCUT2D eigenvalue weighted by atomic mass is 79.9. The van der Waals surface area contributed by atoms with Crippen molar-refractivity contribution in [2.75, 3.05) is 6.26 Å². The lowest BCUT2D eigenvalue weighted by Gasteiger charge is -2.04. The summed E-state index contributed by atoms with van der Waals surface area (Å²) in [7, 11) is -3.22. The van der Waals surface area contributed by atoms with Crippen molar-refractivity contribution in [1.82, 2.24) is 0 Å². The smallest absolute Gasteiger partial charge is 0.175 e. The zero-order chi connectivity index (χ0) is 11.6. The highest BCUT2D eigenvalue weighted by molar-refractivity contribution is 9.10. The lowest BCUT2D eigenvalue weighted by molar-refractivity contribution is 0.0987. The minimum Gasteiger partial charge on any atom is -0.294 e. The molecule has 0 aliphatic carbocycles. The third-order valence-corrected chi connectivity index (χ3v) is 3.76. The van der Waals surface area contributed by atoms with Crippen LogP contribution in [0.3, 0.4) is 0 Å². The molecule has 15 heavy (non-hydrogen) atoms. The van der Waals surface area contributed by atoms with Crippen molar-refractivity contribution < 1.29 is 13.2 Å². The van der Waals surface area contributed by atoms with Crippen LogP contribution in [0.2, 0.25) is 0 Å². The van der Waals surface area contributed by atoms with Crippen LogP contribution in [0.25, 0.3) is 0 Å². The molecule has 5 heteroatoms. The molecule has 1 aromatic rings. The van der Waals surface area contributed by atoms with Gasteiger partial charge in [0.25, 0.3) is 0 Å². The Morgan fingerprint density at radius 2 is 2.00 bits per heavy atom. The third-order valence-electron chi connectivity index (χ3n) is 1.99. The van der Waals surface area contributed by atoms with Gasteiger partial charge in [-0.1, -0.05) is 22.9 Å². The third kappa shape index (κ3) is 2.89. The summed E-state index contributed by atoms with van der Waals surface area (Å²) in [6, 6.07) is 4.44. The Balaban J connectivity index is 3.27. The van der Waals surface area contributed by atoms with Crippen molar-refractivity contribution >= 4 is 31.6 Å². The molecule has 0 bridgehead atoms. The number of halogens is 1. The van der Waals surface area contributed by atoms with E-state index >= 15 is 0 Å². The molecule has 1 rings (SSSR count). The number of ketones is 1. The van der Waals surface area contributed by atoms with Crippen LogP contribution >= 0.6 is 15.9 Å². The van der Waals surface area contributed by atoms with Gasteiger partial charge in [-0.2, -0.15) is 0 Å². The van der Waals surface area contributed by atoms with Crippen molar-refractivity contribution in [3.05, 3.63) is 28.2 Å². The second-order valence-corrected chi connectivity index (χ2v) is 6.06. The van der Waals surface area contributed by atoms with Gasteiger partial charge in [-0.3, -0.25) is 4.79 Å². The van der Waals surface area contributed by atoms with E-state index in [0.29, 0.717) is 16.5 Å². The molecule has 0 saturated heterocycles. The average Bonchev–Trinajstić information content (AvgIpc) is 2.15. The summed E-state index contributed by atoms with van der Waals surface area (Å²) in [5, 5.41) is 0. The first kappa shape index (κ1) is 12.4. The van der Waals surface area contributed by atoms with Crippen LogP contribution in [0.5, 0.6) is 0 Å². The summed E-state index contributed by atoms with van der Waals surface area (Å²) >= 11 is 3.20. The predicted octanol–water partition coefficient (Wildman–Crippen LogP) is 2.45. The maximum absolute atomic E-state index is 11.4. The largest absolute Gasteiger partial charge is 0.294 e. The molecule has 82 valence electrons. The molecule has 3 nitrogen and oxygen atoms in total. The van der Waals surface area contributed by atoms with Crippen molar-refractivity contribution in [2.24, 2.45) is 0 Å². The number of hydrogen-bond acceptors (Lipinski definition) is 3. The minimum absolute atomic E-state index is 0.0121. The molecule has 0 fully saturated rings. The first-order valence-electron chi connectivity index (χ1n) is 4.39. The summed E-state index contributed by atoms with van der Waals surface area (Å²) in [6.07, 6.45) is 1.53. The van der Waals surface area contributed by atoms with Crippen LogP contribution in [0.4, 0.5) is 0 Å². The number of carbonyl (C=O) groups excluding carboxylic acids is 1. The van der Waals surface area contributed by atoms with Crippen LogP contribution in [0.1, 0.15) is 23.7 Å². The minimum atomic E-state index is -3.22. The molecule has 0 radical (unpaired) electrons. The van der Waals surface area contributed by atoms with E-state index in [2.05, 4.69) is 15.9 Å². The van der Waals surface area contributed by atoms with Gasteiger partial charge in [-0.25, -0.2) is 8.42 Å². The molecule has 0 N–H and O–H groups in total. The van der Waals surface area contributed by atoms with Gasteiger partial charge < -0.3 is 0 Å². The molecule has 0 aromatic heterocycles. The van der Waals surface area contributed by atoms with Gasteiger partial charge in [-0.05, 0) is 18.2 Å². The molecular formula is C10H11BrO3S. The number of benzene rings is 1. The van der Waals surface area contributed by atoms with Crippen LogP contribution < -0.4 is 0 Å². The van der Waals surface area contributed by atoms with E-state index in [9.17, 15) is 13.2 Å². The number of hydrogen-bond donors (Lipinski definition) is 0. The molecule has 0 heterocycles. The van der Waals surface area contributed by atoms with Crippen molar-refractivity contribution in [1.29, 1.82) is 0 Å². The maximum atomic E-state index is 11.4. The first-order chi connectivity index (χ1) is 6.86. The topological polar surface area (TPSA) is 51.2 Å². The Morgan fingerprint density at radius 3 is 2.40 bits per heavy atom. The first-order valence-corrected chi connectivity index (χ1v) is 7.07. The fourth-order valence-electron chi connectivity index (χ4n) is 1.14. The standard InChI is InChI=1S/C10H11BrO3S/c1-3-10(12)8-5-4-7(6-9(8)11)15(2,13)14/h4-6H,3H2,1-2H3. The Hall–Kier alpha value is -0.680. The molecule has 0 spiro atoms. The molecule has 1 aromatic carbocycles. The SMILES string of the molecule is CCC(=O)c1ccc(S(C)(=O)=O)cc1Br.